The van der Waals surface area contributed by atoms with E-state index < -0.39 is 10.8 Å². The first-order chi connectivity index (χ1) is 15.0. The molecule has 164 valence electrons. The van der Waals surface area contributed by atoms with Gasteiger partial charge in [0, 0.05) is 36.9 Å². The number of halogens is 1. The van der Waals surface area contributed by atoms with E-state index in [0.717, 1.165) is 37.3 Å². The summed E-state index contributed by atoms with van der Waals surface area (Å²) >= 11 is 0. The van der Waals surface area contributed by atoms with Gasteiger partial charge in [-0.1, -0.05) is 6.92 Å². The number of piperazine rings is 1. The molecular formula is C22H26FN5O2S. The summed E-state index contributed by atoms with van der Waals surface area (Å²) in [4.78, 5) is 15.0. The van der Waals surface area contributed by atoms with Crippen LogP contribution in [0.4, 0.5) is 21.8 Å². The number of nitrogens with one attached hydrogen (secondary N) is 1. The summed E-state index contributed by atoms with van der Waals surface area (Å²) in [7, 11) is -1.10. The molecule has 9 heteroatoms. The number of aryl methyl sites for hydroxylation is 1. The number of aliphatic hydroxyl groups excluding tert-OH is 1. The number of fused-ring (bicyclic) bond motifs is 3. The molecular weight excluding hydrogens is 417 g/mol. The van der Waals surface area contributed by atoms with E-state index in [9.17, 15) is 13.7 Å². The van der Waals surface area contributed by atoms with Crippen molar-refractivity contribution < 1.29 is 13.7 Å². The summed E-state index contributed by atoms with van der Waals surface area (Å²) in [6.45, 7) is 3.94. The molecule has 2 aromatic rings. The Bertz CT molecular complexity index is 1060. The van der Waals surface area contributed by atoms with Gasteiger partial charge >= 0.3 is 0 Å². The fourth-order valence-corrected chi connectivity index (χ4v) is 6.61. The number of nitrogens with zero attached hydrogens (tertiary/aromatic N) is 4. The van der Waals surface area contributed by atoms with Gasteiger partial charge in [-0.05, 0) is 37.1 Å². The standard InChI is InChI=1S/C22H26FN5O2S/c1-13-17-11-28(18(13)10-27(17)15-4-2-14(23)3-5-15)21-24-16-6-9-31(30)19(16)20(25-21)26-22(12-29)7-8-22/h2-5,13,17-18,29H,6-12H2,1H3,(H,24,25,26)/t13-,17?,18?,31?/m0/s1. The van der Waals surface area contributed by atoms with Crippen LogP contribution in [0.5, 0.6) is 0 Å². The molecule has 1 aromatic heterocycles. The smallest absolute Gasteiger partial charge is 0.228 e. The van der Waals surface area contributed by atoms with E-state index in [1.165, 1.54) is 12.1 Å². The molecule has 31 heavy (non-hydrogen) atoms. The summed E-state index contributed by atoms with van der Waals surface area (Å²) in [5.74, 6) is 2.11. The SMILES string of the molecule is C[C@H]1C2CN(c3nc4c(c(NC5(CO)CC5)n3)S(=O)CC4)C1CN2c1ccc(F)cc1. The highest BCUT2D eigenvalue weighted by Gasteiger charge is 2.50. The van der Waals surface area contributed by atoms with Crippen molar-refractivity contribution in [1.82, 2.24) is 9.97 Å². The van der Waals surface area contributed by atoms with Gasteiger partial charge in [-0.3, -0.25) is 4.21 Å². The van der Waals surface area contributed by atoms with Crippen LogP contribution in [0.3, 0.4) is 0 Å². The molecule has 0 spiro atoms. The van der Waals surface area contributed by atoms with Crippen molar-refractivity contribution in [2.24, 2.45) is 5.92 Å². The Morgan fingerprint density at radius 3 is 2.55 bits per heavy atom. The number of hydrogen-bond acceptors (Lipinski definition) is 7. The van der Waals surface area contributed by atoms with Gasteiger partial charge in [-0.2, -0.15) is 4.98 Å². The molecule has 4 atom stereocenters. The molecule has 1 aliphatic carbocycles. The molecule has 2 N–H and O–H groups in total. The zero-order valence-corrected chi connectivity index (χ0v) is 18.2. The van der Waals surface area contributed by atoms with Crippen LogP contribution in [0.1, 0.15) is 25.5 Å². The van der Waals surface area contributed by atoms with Crippen molar-refractivity contribution in [2.45, 2.75) is 48.7 Å². The van der Waals surface area contributed by atoms with E-state index in [1.807, 2.05) is 12.1 Å². The molecule has 3 aliphatic heterocycles. The van der Waals surface area contributed by atoms with E-state index in [2.05, 4.69) is 22.0 Å². The predicted molar refractivity (Wildman–Crippen MR) is 118 cm³/mol. The molecule has 4 heterocycles. The Morgan fingerprint density at radius 1 is 1.19 bits per heavy atom. The Kier molecular flexibility index (Phi) is 4.30. The van der Waals surface area contributed by atoms with Gasteiger partial charge in [0.15, 0.2) is 0 Å². The summed E-state index contributed by atoms with van der Waals surface area (Å²) in [5, 5.41) is 13.2. The van der Waals surface area contributed by atoms with Crippen molar-refractivity contribution in [1.29, 1.82) is 0 Å². The fraction of sp³-hybridized carbons (Fsp3) is 0.545. The van der Waals surface area contributed by atoms with E-state index in [0.29, 0.717) is 40.8 Å². The van der Waals surface area contributed by atoms with Gasteiger partial charge in [0.1, 0.15) is 16.5 Å². The van der Waals surface area contributed by atoms with Crippen molar-refractivity contribution in [3.63, 3.8) is 0 Å². The van der Waals surface area contributed by atoms with E-state index >= 15 is 0 Å². The summed E-state index contributed by atoms with van der Waals surface area (Å²) in [6.07, 6.45) is 2.47. The van der Waals surface area contributed by atoms with Crippen LogP contribution in [0.25, 0.3) is 0 Å². The fourth-order valence-electron chi connectivity index (χ4n) is 5.31. The number of aromatic nitrogens is 2. The molecule has 2 saturated heterocycles. The van der Waals surface area contributed by atoms with E-state index in [4.69, 9.17) is 9.97 Å². The summed E-state index contributed by atoms with van der Waals surface area (Å²) in [5.41, 5.74) is 1.58. The van der Waals surface area contributed by atoms with Gasteiger partial charge < -0.3 is 20.2 Å². The number of hydrogen-bond donors (Lipinski definition) is 2. The average molecular weight is 444 g/mol. The van der Waals surface area contributed by atoms with E-state index in [-0.39, 0.29) is 24.0 Å². The monoisotopic (exact) mass is 443 g/mol. The first kappa shape index (κ1) is 19.4. The quantitative estimate of drug-likeness (QED) is 0.731. The minimum atomic E-state index is -1.10. The van der Waals surface area contributed by atoms with Crippen molar-refractivity contribution in [3.05, 3.63) is 35.8 Å². The van der Waals surface area contributed by atoms with Gasteiger partial charge in [0.2, 0.25) is 5.95 Å². The molecule has 0 radical (unpaired) electrons. The average Bonchev–Trinajstić information content (AvgIpc) is 3.21. The predicted octanol–water partition coefficient (Wildman–Crippen LogP) is 1.93. The van der Waals surface area contributed by atoms with Crippen LogP contribution in [0.15, 0.2) is 29.2 Å². The molecule has 1 aromatic carbocycles. The maximum atomic E-state index is 13.4. The third-order valence-corrected chi connectivity index (χ3v) is 8.87. The second kappa shape index (κ2) is 6.87. The van der Waals surface area contributed by atoms with Crippen LogP contribution in [0, 0.1) is 11.7 Å². The Labute approximate surface area is 183 Å². The lowest BCUT2D eigenvalue weighted by molar-refractivity contribution is 0.265. The molecule has 2 bridgehead atoms. The van der Waals surface area contributed by atoms with Crippen molar-refractivity contribution >= 4 is 28.3 Å². The molecule has 4 aliphatic rings. The lowest BCUT2D eigenvalue weighted by atomic mass is 10.0. The summed E-state index contributed by atoms with van der Waals surface area (Å²) in [6, 6.07) is 7.30. The number of anilines is 3. The second-order valence-electron chi connectivity index (χ2n) is 9.29. The molecule has 7 nitrogen and oxygen atoms in total. The van der Waals surface area contributed by atoms with Crippen LogP contribution < -0.4 is 15.1 Å². The lowest BCUT2D eigenvalue weighted by Gasteiger charge is -2.36. The zero-order valence-electron chi connectivity index (χ0n) is 17.4. The second-order valence-corrected chi connectivity index (χ2v) is 10.8. The van der Waals surface area contributed by atoms with Gasteiger partial charge in [-0.25, -0.2) is 9.37 Å². The lowest BCUT2D eigenvalue weighted by Crippen LogP contribution is -2.47. The molecule has 3 unspecified atom stereocenters. The minimum absolute atomic E-state index is 0.0474. The van der Waals surface area contributed by atoms with Crippen LogP contribution in [-0.2, 0) is 17.2 Å². The first-order valence-electron chi connectivity index (χ1n) is 11.0. The highest BCUT2D eigenvalue weighted by Crippen LogP contribution is 2.43. The first-order valence-corrected chi connectivity index (χ1v) is 12.3. The van der Waals surface area contributed by atoms with Crippen molar-refractivity contribution in [3.8, 4) is 0 Å². The minimum Gasteiger partial charge on any atom is -0.394 e. The van der Waals surface area contributed by atoms with Crippen LogP contribution in [-0.4, -0.2) is 62.4 Å². The largest absolute Gasteiger partial charge is 0.394 e. The highest BCUT2D eigenvalue weighted by atomic mass is 32.2. The normalized spacial score (nSPS) is 30.0. The van der Waals surface area contributed by atoms with E-state index in [1.54, 1.807) is 0 Å². The molecule has 1 saturated carbocycles. The van der Waals surface area contributed by atoms with Crippen LogP contribution in [0.2, 0.25) is 0 Å². The topological polar surface area (TPSA) is 81.6 Å². The Morgan fingerprint density at radius 2 is 1.90 bits per heavy atom. The van der Waals surface area contributed by atoms with Crippen LogP contribution >= 0.6 is 0 Å². The van der Waals surface area contributed by atoms with Gasteiger partial charge in [0.25, 0.3) is 0 Å². The highest BCUT2D eigenvalue weighted by molar-refractivity contribution is 7.85. The summed E-state index contributed by atoms with van der Waals surface area (Å²) < 4.78 is 26.0. The molecule has 0 amide bonds. The third kappa shape index (κ3) is 3.04. The van der Waals surface area contributed by atoms with Gasteiger partial charge in [-0.15, -0.1) is 0 Å². The van der Waals surface area contributed by atoms with Crippen molar-refractivity contribution in [2.75, 3.05) is 40.6 Å². The third-order valence-electron chi connectivity index (χ3n) is 7.41. The zero-order chi connectivity index (χ0) is 21.3. The number of benzene rings is 1. The Hall–Kier alpha value is -2.26. The number of aliphatic hydroxyl groups is 1. The molecule has 3 fully saturated rings. The number of rotatable bonds is 5. The Balaban J connectivity index is 1.31. The molecule has 6 rings (SSSR count). The van der Waals surface area contributed by atoms with Gasteiger partial charge in [0.05, 0.1) is 40.7 Å². The maximum absolute atomic E-state index is 13.4. The maximum Gasteiger partial charge on any atom is 0.228 e.